The zero-order valence-electron chi connectivity index (χ0n) is 30.6. The summed E-state index contributed by atoms with van der Waals surface area (Å²) in [6, 6.07) is 35.0. The van der Waals surface area contributed by atoms with E-state index in [0.29, 0.717) is 28.2 Å². The van der Waals surface area contributed by atoms with Crippen LogP contribution in [0.4, 0.5) is 10.1 Å². The highest BCUT2D eigenvalue weighted by molar-refractivity contribution is 7.14. The number of alkyl halides is 1. The number of benzene rings is 3. The highest BCUT2D eigenvalue weighted by atomic mass is 32.1. The molecule has 54 heavy (non-hydrogen) atoms. The van der Waals surface area contributed by atoms with E-state index in [2.05, 4.69) is 36.1 Å². The van der Waals surface area contributed by atoms with E-state index in [-0.39, 0.29) is 23.5 Å². The SMILES string of the molecule is CCCCN(CCCCO)c1ccc(/C=C/c2ccc(/C(=C/C3=C(C#N)C(=C(C#N)C#N)OC3(C)c3ccccc3)CF)s2)c(OCc2ccccc2)c1. The third-order valence-corrected chi connectivity index (χ3v) is 10.4. The summed E-state index contributed by atoms with van der Waals surface area (Å²) in [6.07, 6.45) is 9.37. The molecule has 3 aromatic carbocycles. The van der Waals surface area contributed by atoms with Crippen LogP contribution in [0.15, 0.2) is 120 Å². The van der Waals surface area contributed by atoms with Crippen LogP contribution in [0.25, 0.3) is 17.7 Å². The van der Waals surface area contributed by atoms with Gasteiger partial charge in [-0.1, -0.05) is 74.0 Å². The largest absolute Gasteiger partial charge is 0.488 e. The zero-order valence-corrected chi connectivity index (χ0v) is 31.4. The highest BCUT2D eigenvalue weighted by Gasteiger charge is 2.44. The molecule has 0 fully saturated rings. The lowest BCUT2D eigenvalue weighted by Crippen LogP contribution is -2.25. The molecular weight excluding hydrogens is 696 g/mol. The molecule has 0 radical (unpaired) electrons. The van der Waals surface area contributed by atoms with Gasteiger partial charge in [-0.05, 0) is 79.8 Å². The third-order valence-electron chi connectivity index (χ3n) is 9.25. The fourth-order valence-corrected chi connectivity index (χ4v) is 7.16. The summed E-state index contributed by atoms with van der Waals surface area (Å²) in [5.41, 5.74) is 2.89. The lowest BCUT2D eigenvalue weighted by atomic mass is 9.85. The minimum atomic E-state index is -1.24. The first-order chi connectivity index (χ1) is 26.4. The molecule has 274 valence electrons. The van der Waals surface area contributed by atoms with Crippen LogP contribution in [-0.2, 0) is 16.9 Å². The van der Waals surface area contributed by atoms with Gasteiger partial charge in [0.2, 0.25) is 0 Å². The second kappa shape index (κ2) is 19.2. The van der Waals surface area contributed by atoms with E-state index < -0.39 is 12.3 Å². The molecule has 0 saturated heterocycles. The lowest BCUT2D eigenvalue weighted by molar-refractivity contribution is 0.0755. The molecule has 9 heteroatoms. The van der Waals surface area contributed by atoms with Crippen molar-refractivity contribution in [2.75, 3.05) is 31.3 Å². The molecular formula is C45H43FN4O3S. The summed E-state index contributed by atoms with van der Waals surface area (Å²) in [5, 5.41) is 38.9. The number of hydrogen-bond acceptors (Lipinski definition) is 8. The molecule has 0 aliphatic carbocycles. The van der Waals surface area contributed by atoms with Crippen molar-refractivity contribution in [1.29, 1.82) is 15.8 Å². The quantitative estimate of drug-likeness (QED) is 0.0847. The van der Waals surface area contributed by atoms with E-state index in [9.17, 15) is 25.3 Å². The van der Waals surface area contributed by atoms with E-state index in [4.69, 9.17) is 9.47 Å². The topological polar surface area (TPSA) is 113 Å². The summed E-state index contributed by atoms with van der Waals surface area (Å²) in [4.78, 5) is 3.90. The van der Waals surface area contributed by atoms with Crippen molar-refractivity contribution in [2.45, 2.75) is 51.7 Å². The van der Waals surface area contributed by atoms with Crippen LogP contribution in [0.1, 0.15) is 66.0 Å². The number of hydrogen-bond donors (Lipinski definition) is 1. The van der Waals surface area contributed by atoms with Crippen molar-refractivity contribution in [1.82, 2.24) is 0 Å². The minimum Gasteiger partial charge on any atom is -0.488 e. The second-order valence-electron chi connectivity index (χ2n) is 12.9. The van der Waals surface area contributed by atoms with Crippen LogP contribution in [0.5, 0.6) is 5.75 Å². The van der Waals surface area contributed by atoms with Crippen LogP contribution in [0.2, 0.25) is 0 Å². The molecule has 2 heterocycles. The van der Waals surface area contributed by atoms with Crippen LogP contribution >= 0.6 is 11.3 Å². The molecule has 4 aromatic rings. The van der Waals surface area contributed by atoms with Gasteiger partial charge in [0.25, 0.3) is 0 Å². The molecule has 1 unspecified atom stereocenters. The molecule has 0 saturated carbocycles. The fraction of sp³-hybridized carbons (Fsp3) is 0.267. The molecule has 1 atom stereocenters. The Balaban J connectivity index is 1.49. The molecule has 0 amide bonds. The van der Waals surface area contributed by atoms with Gasteiger partial charge in [0, 0.05) is 57.9 Å². The van der Waals surface area contributed by atoms with Gasteiger partial charge in [-0.25, -0.2) is 4.39 Å². The maximum atomic E-state index is 14.9. The van der Waals surface area contributed by atoms with E-state index in [1.165, 1.54) is 11.3 Å². The molecule has 0 bridgehead atoms. The van der Waals surface area contributed by atoms with Crippen molar-refractivity contribution in [3.63, 3.8) is 0 Å². The molecule has 5 rings (SSSR count). The number of aliphatic hydroxyl groups excluding tert-OH is 1. The van der Waals surface area contributed by atoms with Gasteiger partial charge < -0.3 is 19.5 Å². The summed E-state index contributed by atoms with van der Waals surface area (Å²) in [7, 11) is 0. The average Bonchev–Trinajstić information content (AvgIpc) is 3.80. The predicted molar refractivity (Wildman–Crippen MR) is 214 cm³/mol. The van der Waals surface area contributed by atoms with Crippen LogP contribution in [-0.4, -0.2) is 31.5 Å². The minimum absolute atomic E-state index is 0.0233. The van der Waals surface area contributed by atoms with E-state index >= 15 is 0 Å². The maximum absolute atomic E-state index is 14.9. The van der Waals surface area contributed by atoms with Gasteiger partial charge in [-0.3, -0.25) is 0 Å². The number of halogens is 1. The second-order valence-corrected chi connectivity index (χ2v) is 14.1. The van der Waals surface area contributed by atoms with Gasteiger partial charge in [0.1, 0.15) is 42.8 Å². The Morgan fingerprint density at radius 3 is 2.31 bits per heavy atom. The number of aliphatic hydroxyl groups is 1. The van der Waals surface area contributed by atoms with Gasteiger partial charge in [-0.15, -0.1) is 11.3 Å². The number of ether oxygens (including phenoxy) is 2. The smallest absolute Gasteiger partial charge is 0.172 e. The van der Waals surface area contributed by atoms with Gasteiger partial charge in [-0.2, -0.15) is 15.8 Å². The molecule has 1 aliphatic rings. The molecule has 1 aromatic heterocycles. The lowest BCUT2D eigenvalue weighted by Gasteiger charge is -2.27. The Morgan fingerprint density at radius 1 is 0.926 bits per heavy atom. The van der Waals surface area contributed by atoms with Crippen molar-refractivity contribution in [3.8, 4) is 24.0 Å². The van der Waals surface area contributed by atoms with Crippen molar-refractivity contribution < 1.29 is 19.0 Å². The van der Waals surface area contributed by atoms with E-state index in [1.807, 2.05) is 97.1 Å². The number of allylic oxidation sites excluding steroid dienone is 3. The first-order valence-corrected chi connectivity index (χ1v) is 18.9. The normalized spacial score (nSPS) is 15.4. The van der Waals surface area contributed by atoms with E-state index in [0.717, 1.165) is 66.2 Å². The zero-order chi connectivity index (χ0) is 38.3. The Labute approximate surface area is 321 Å². The van der Waals surface area contributed by atoms with Gasteiger partial charge in [0.15, 0.2) is 16.9 Å². The average molecular weight is 739 g/mol. The molecule has 1 aliphatic heterocycles. The highest BCUT2D eigenvalue weighted by Crippen LogP contribution is 2.48. The monoisotopic (exact) mass is 738 g/mol. The summed E-state index contributed by atoms with van der Waals surface area (Å²) >= 11 is 1.41. The Kier molecular flexibility index (Phi) is 14.0. The fourth-order valence-electron chi connectivity index (χ4n) is 6.25. The number of nitriles is 3. The number of unbranched alkanes of at least 4 members (excludes halogenated alkanes) is 2. The standard InChI is InChI=1S/C45H43FN4O3S/c1-3-4-23-50(24-11-12-25-51)38-19-17-34(42(27-38)52-32-33-13-7-5-8-14-33)18-20-39-21-22-43(54-39)35(28-46)26-41-40(31-49)44(36(29-47)30-48)53-45(41,2)37-15-9-6-10-16-37/h5-10,13-22,26-27,51H,3-4,11-12,23-25,28,32H2,1-2H3/b20-18+,35-26+. The Morgan fingerprint density at radius 2 is 1.65 bits per heavy atom. The number of nitrogens with zero attached hydrogens (tertiary/aromatic N) is 4. The van der Waals surface area contributed by atoms with Crippen LogP contribution in [0.3, 0.4) is 0 Å². The summed E-state index contributed by atoms with van der Waals surface area (Å²) in [6.45, 7) is 5.46. The van der Waals surface area contributed by atoms with Crippen LogP contribution in [0, 0.1) is 34.0 Å². The summed E-state index contributed by atoms with van der Waals surface area (Å²) in [5.74, 6) is 0.635. The maximum Gasteiger partial charge on any atom is 0.172 e. The predicted octanol–water partition coefficient (Wildman–Crippen LogP) is 10.3. The Hall–Kier alpha value is -5.92. The van der Waals surface area contributed by atoms with Crippen molar-refractivity contribution in [3.05, 3.63) is 146 Å². The van der Waals surface area contributed by atoms with E-state index in [1.54, 1.807) is 13.0 Å². The first kappa shape index (κ1) is 39.3. The third kappa shape index (κ3) is 9.35. The van der Waals surface area contributed by atoms with Crippen molar-refractivity contribution in [2.24, 2.45) is 0 Å². The molecule has 0 spiro atoms. The number of thiophene rings is 1. The Bertz CT molecular complexity index is 2140. The van der Waals surface area contributed by atoms with Gasteiger partial charge in [0.05, 0.1) is 0 Å². The van der Waals surface area contributed by atoms with Crippen LogP contribution < -0.4 is 9.64 Å². The van der Waals surface area contributed by atoms with Gasteiger partial charge >= 0.3 is 0 Å². The molecule has 7 nitrogen and oxygen atoms in total. The number of anilines is 1. The molecule has 1 N–H and O–H groups in total. The summed E-state index contributed by atoms with van der Waals surface area (Å²) < 4.78 is 27.6. The number of rotatable bonds is 17. The first-order valence-electron chi connectivity index (χ1n) is 18.0. The van der Waals surface area contributed by atoms with Crippen molar-refractivity contribution >= 4 is 34.7 Å².